The summed E-state index contributed by atoms with van der Waals surface area (Å²) in [7, 11) is 0. The monoisotopic (exact) mass is 231 g/mol. The number of hydrogen-bond acceptors (Lipinski definition) is 2. The van der Waals surface area contributed by atoms with Crippen LogP contribution in [0.5, 0.6) is 0 Å². The topological polar surface area (TPSA) is 29.1 Å². The van der Waals surface area contributed by atoms with E-state index in [-0.39, 0.29) is 5.91 Å². The van der Waals surface area contributed by atoms with Gasteiger partial charge in [-0.2, -0.15) is 0 Å². The Bertz CT molecular complexity index is 298. The van der Waals surface area contributed by atoms with Crippen molar-refractivity contribution >= 4 is 28.8 Å². The molecule has 0 aliphatic heterocycles. The number of halogens is 1. The maximum Gasteiger partial charge on any atom is 0.221 e. The second kappa shape index (κ2) is 6.04. The fraction of sp³-hybridized carbons (Fsp3) is 0.500. The van der Waals surface area contributed by atoms with E-state index in [9.17, 15) is 4.79 Å². The molecule has 0 saturated carbocycles. The molecule has 14 heavy (non-hydrogen) atoms. The average molecular weight is 232 g/mol. The van der Waals surface area contributed by atoms with E-state index in [2.05, 4.69) is 23.7 Å². The van der Waals surface area contributed by atoms with Crippen molar-refractivity contribution in [3.63, 3.8) is 0 Å². The van der Waals surface area contributed by atoms with Crippen molar-refractivity contribution in [2.45, 2.75) is 19.8 Å². The number of carbonyl (C=O) groups excluding carboxylic acids is 1. The van der Waals surface area contributed by atoms with Gasteiger partial charge in [0.25, 0.3) is 0 Å². The molecule has 2 nitrogen and oxygen atoms in total. The molecule has 0 spiro atoms. The highest BCUT2D eigenvalue weighted by Gasteiger charge is 2.01. The Morgan fingerprint density at radius 1 is 1.64 bits per heavy atom. The van der Waals surface area contributed by atoms with Gasteiger partial charge in [-0.25, -0.2) is 0 Å². The third kappa shape index (κ3) is 3.68. The van der Waals surface area contributed by atoms with Crippen LogP contribution in [-0.2, 0) is 11.2 Å². The number of carbonyl (C=O) groups is 1. The molecule has 1 rings (SSSR count). The van der Waals surface area contributed by atoms with E-state index < -0.39 is 0 Å². The van der Waals surface area contributed by atoms with Crippen LogP contribution in [0.2, 0.25) is 0 Å². The van der Waals surface area contributed by atoms with Gasteiger partial charge in [0.1, 0.15) is 0 Å². The standard InChI is InChI=1S/C10H14ClNOS/c1-8-4-7-14-9(8)3-6-12-10(13)2-5-11/h4,7H,2-3,5-6H2,1H3,(H,12,13). The van der Waals surface area contributed by atoms with Crippen LogP contribution < -0.4 is 5.32 Å². The predicted molar refractivity (Wildman–Crippen MR) is 61.1 cm³/mol. The Kier molecular flexibility index (Phi) is 4.98. The second-order valence-corrected chi connectivity index (χ2v) is 4.44. The summed E-state index contributed by atoms with van der Waals surface area (Å²) in [6, 6.07) is 2.10. The van der Waals surface area contributed by atoms with E-state index >= 15 is 0 Å². The lowest BCUT2D eigenvalue weighted by Crippen LogP contribution is -2.25. The summed E-state index contributed by atoms with van der Waals surface area (Å²) in [5.41, 5.74) is 1.31. The van der Waals surface area contributed by atoms with Crippen molar-refractivity contribution in [3.05, 3.63) is 21.9 Å². The molecule has 0 aliphatic rings. The van der Waals surface area contributed by atoms with Gasteiger partial charge in [-0.1, -0.05) is 0 Å². The van der Waals surface area contributed by atoms with Gasteiger partial charge >= 0.3 is 0 Å². The van der Waals surface area contributed by atoms with Crippen LogP contribution in [0.25, 0.3) is 0 Å². The molecular formula is C10H14ClNOS. The van der Waals surface area contributed by atoms with Gasteiger partial charge in [0.05, 0.1) is 0 Å². The first-order valence-corrected chi connectivity index (χ1v) is 6.01. The summed E-state index contributed by atoms with van der Waals surface area (Å²) >= 11 is 7.18. The zero-order valence-electron chi connectivity index (χ0n) is 8.18. The molecule has 78 valence electrons. The molecule has 1 aromatic rings. The normalized spacial score (nSPS) is 10.1. The maximum absolute atomic E-state index is 11.1. The summed E-state index contributed by atoms with van der Waals surface area (Å²) in [6.45, 7) is 2.80. The molecule has 1 N–H and O–H groups in total. The SMILES string of the molecule is Cc1ccsc1CCNC(=O)CCCl. The Labute approximate surface area is 93.3 Å². The first-order chi connectivity index (χ1) is 6.74. The highest BCUT2D eigenvalue weighted by Crippen LogP contribution is 2.15. The molecule has 4 heteroatoms. The minimum absolute atomic E-state index is 0.0363. The summed E-state index contributed by atoms with van der Waals surface area (Å²) in [5, 5.41) is 4.91. The molecule has 0 bridgehead atoms. The van der Waals surface area contributed by atoms with Gasteiger partial charge in [-0.15, -0.1) is 22.9 Å². The van der Waals surface area contributed by atoms with Crippen LogP contribution >= 0.6 is 22.9 Å². The quantitative estimate of drug-likeness (QED) is 0.775. The van der Waals surface area contributed by atoms with Gasteiger partial charge < -0.3 is 5.32 Å². The molecule has 0 unspecified atom stereocenters. The van der Waals surface area contributed by atoms with E-state index in [4.69, 9.17) is 11.6 Å². The molecular weight excluding hydrogens is 218 g/mol. The third-order valence-electron chi connectivity index (χ3n) is 1.96. The van der Waals surface area contributed by atoms with Crippen molar-refractivity contribution in [2.75, 3.05) is 12.4 Å². The molecule has 1 aromatic heterocycles. The predicted octanol–water partition coefficient (Wildman–Crippen LogP) is 2.34. The summed E-state index contributed by atoms with van der Waals surface area (Å²) in [6.07, 6.45) is 1.32. The van der Waals surface area contributed by atoms with Crippen LogP contribution in [0.15, 0.2) is 11.4 Å². The number of nitrogens with one attached hydrogen (secondary N) is 1. The van der Waals surface area contributed by atoms with Gasteiger partial charge in [0, 0.05) is 23.7 Å². The van der Waals surface area contributed by atoms with Crippen LogP contribution in [0.1, 0.15) is 16.9 Å². The minimum Gasteiger partial charge on any atom is -0.356 e. The highest BCUT2D eigenvalue weighted by atomic mass is 35.5. The van der Waals surface area contributed by atoms with Crippen molar-refractivity contribution in [1.82, 2.24) is 5.32 Å². The summed E-state index contributed by atoms with van der Waals surface area (Å²) in [4.78, 5) is 12.4. The highest BCUT2D eigenvalue weighted by molar-refractivity contribution is 7.10. The molecule has 0 saturated heterocycles. The zero-order chi connectivity index (χ0) is 10.4. The Morgan fingerprint density at radius 3 is 3.00 bits per heavy atom. The smallest absolute Gasteiger partial charge is 0.221 e. The van der Waals surface area contributed by atoms with Crippen molar-refractivity contribution in [3.8, 4) is 0 Å². The fourth-order valence-corrected chi connectivity index (χ4v) is 2.23. The molecule has 1 amide bonds. The Morgan fingerprint density at radius 2 is 2.43 bits per heavy atom. The van der Waals surface area contributed by atoms with E-state index in [1.54, 1.807) is 11.3 Å². The second-order valence-electron chi connectivity index (χ2n) is 3.07. The van der Waals surface area contributed by atoms with Crippen molar-refractivity contribution in [2.24, 2.45) is 0 Å². The molecule has 1 heterocycles. The molecule has 0 atom stereocenters. The first-order valence-electron chi connectivity index (χ1n) is 4.59. The van der Waals surface area contributed by atoms with Crippen molar-refractivity contribution < 1.29 is 4.79 Å². The largest absolute Gasteiger partial charge is 0.356 e. The van der Waals surface area contributed by atoms with Crippen LogP contribution in [0.4, 0.5) is 0 Å². The third-order valence-corrected chi connectivity index (χ3v) is 3.24. The number of hydrogen-bond donors (Lipinski definition) is 1. The number of amides is 1. The van der Waals surface area contributed by atoms with Crippen LogP contribution in [0.3, 0.4) is 0 Å². The average Bonchev–Trinajstić information content (AvgIpc) is 2.52. The minimum atomic E-state index is 0.0363. The number of rotatable bonds is 5. The van der Waals surface area contributed by atoms with Gasteiger partial charge in [0.2, 0.25) is 5.91 Å². The number of thiophene rings is 1. The fourth-order valence-electron chi connectivity index (χ4n) is 1.15. The summed E-state index contributed by atoms with van der Waals surface area (Å²) < 4.78 is 0. The first kappa shape index (κ1) is 11.5. The lowest BCUT2D eigenvalue weighted by Gasteiger charge is -2.03. The lowest BCUT2D eigenvalue weighted by molar-refractivity contribution is -0.120. The molecule has 0 aromatic carbocycles. The maximum atomic E-state index is 11.1. The van der Waals surface area contributed by atoms with Gasteiger partial charge in [-0.3, -0.25) is 4.79 Å². The number of alkyl halides is 1. The van der Waals surface area contributed by atoms with Gasteiger partial charge in [0.15, 0.2) is 0 Å². The zero-order valence-corrected chi connectivity index (χ0v) is 9.75. The van der Waals surface area contributed by atoms with Crippen molar-refractivity contribution in [1.29, 1.82) is 0 Å². The molecule has 0 aliphatic carbocycles. The Hall–Kier alpha value is -0.540. The number of aryl methyl sites for hydroxylation is 1. The molecule has 0 fully saturated rings. The van der Waals surface area contributed by atoms with E-state index in [0.717, 1.165) is 6.42 Å². The Balaban J connectivity index is 2.22. The van der Waals surface area contributed by atoms with Gasteiger partial charge in [-0.05, 0) is 30.4 Å². The van der Waals surface area contributed by atoms with E-state index in [1.165, 1.54) is 10.4 Å². The lowest BCUT2D eigenvalue weighted by atomic mass is 10.2. The molecule has 0 radical (unpaired) electrons. The van der Waals surface area contributed by atoms with E-state index in [1.807, 2.05) is 0 Å². The van der Waals surface area contributed by atoms with Crippen LogP contribution in [-0.4, -0.2) is 18.3 Å². The summed E-state index contributed by atoms with van der Waals surface area (Å²) in [5.74, 6) is 0.429. The van der Waals surface area contributed by atoms with Crippen LogP contribution in [0, 0.1) is 6.92 Å². The van der Waals surface area contributed by atoms with E-state index in [0.29, 0.717) is 18.8 Å².